The highest BCUT2D eigenvalue weighted by atomic mass is 16.4. The monoisotopic (exact) mass is 254 g/mol. The molecule has 3 N–H and O–H groups in total. The molecule has 2 amide bonds. The Morgan fingerprint density at radius 2 is 2.22 bits per heavy atom. The van der Waals surface area contributed by atoms with Crippen LogP contribution in [0.1, 0.15) is 32.6 Å². The molecule has 102 valence electrons. The Morgan fingerprint density at radius 1 is 1.50 bits per heavy atom. The first-order chi connectivity index (χ1) is 8.54. The molecule has 5 heteroatoms. The molecule has 0 radical (unpaired) electrons. The molecule has 18 heavy (non-hydrogen) atoms. The van der Waals surface area contributed by atoms with Crippen LogP contribution in [-0.2, 0) is 4.79 Å². The summed E-state index contributed by atoms with van der Waals surface area (Å²) >= 11 is 0. The zero-order valence-electron chi connectivity index (χ0n) is 10.8. The highest BCUT2D eigenvalue weighted by Crippen LogP contribution is 2.31. The molecule has 0 aromatic carbocycles. The van der Waals surface area contributed by atoms with Gasteiger partial charge in [-0.1, -0.05) is 12.5 Å². The number of carbonyl (C=O) groups is 2. The fraction of sp³-hybridized carbons (Fsp3) is 0.692. The summed E-state index contributed by atoms with van der Waals surface area (Å²) < 4.78 is 0. The summed E-state index contributed by atoms with van der Waals surface area (Å²) in [5, 5.41) is 14.6. The number of rotatable bonds is 6. The second kappa shape index (κ2) is 7.03. The molecule has 1 aliphatic rings. The minimum atomic E-state index is -0.750. The maximum absolute atomic E-state index is 11.6. The van der Waals surface area contributed by atoms with Crippen LogP contribution in [0.4, 0.5) is 4.79 Å². The summed E-state index contributed by atoms with van der Waals surface area (Å²) in [7, 11) is 0. The second-order valence-corrected chi connectivity index (χ2v) is 4.92. The van der Waals surface area contributed by atoms with Crippen LogP contribution in [0, 0.1) is 11.8 Å². The maximum atomic E-state index is 11.6. The average molecular weight is 254 g/mol. The standard InChI is InChI=1S/C13H22N2O3/c1-3-5-9(2)15-13(18)14-8-10-6-4-7-11(10)12(16)17/h3,9-11H,1,4-8H2,2H3,(H,16,17)(H2,14,15,18). The molecule has 3 unspecified atom stereocenters. The highest BCUT2D eigenvalue weighted by Gasteiger charge is 2.32. The zero-order valence-corrected chi connectivity index (χ0v) is 10.8. The second-order valence-electron chi connectivity index (χ2n) is 4.92. The first-order valence-corrected chi connectivity index (χ1v) is 6.42. The van der Waals surface area contributed by atoms with Gasteiger partial charge in [0.05, 0.1) is 5.92 Å². The molecular formula is C13H22N2O3. The predicted octanol–water partition coefficient (Wildman–Crippen LogP) is 1.75. The van der Waals surface area contributed by atoms with E-state index >= 15 is 0 Å². The predicted molar refractivity (Wildman–Crippen MR) is 69.3 cm³/mol. The van der Waals surface area contributed by atoms with Crippen molar-refractivity contribution in [1.82, 2.24) is 10.6 Å². The van der Waals surface area contributed by atoms with Gasteiger partial charge in [0.1, 0.15) is 0 Å². The fourth-order valence-electron chi connectivity index (χ4n) is 2.41. The maximum Gasteiger partial charge on any atom is 0.315 e. The lowest BCUT2D eigenvalue weighted by atomic mass is 9.96. The number of hydrogen-bond donors (Lipinski definition) is 3. The molecule has 0 bridgehead atoms. The van der Waals surface area contributed by atoms with Crippen LogP contribution in [0.25, 0.3) is 0 Å². The van der Waals surface area contributed by atoms with E-state index in [0.717, 1.165) is 19.3 Å². The number of hydrogen-bond acceptors (Lipinski definition) is 2. The van der Waals surface area contributed by atoms with E-state index in [2.05, 4.69) is 17.2 Å². The minimum Gasteiger partial charge on any atom is -0.481 e. The molecule has 1 fully saturated rings. The van der Waals surface area contributed by atoms with Crippen LogP contribution in [0.5, 0.6) is 0 Å². The lowest BCUT2D eigenvalue weighted by Gasteiger charge is -2.18. The minimum absolute atomic E-state index is 0.0429. The molecule has 0 aromatic rings. The van der Waals surface area contributed by atoms with Crippen molar-refractivity contribution in [3.63, 3.8) is 0 Å². The molecule has 1 saturated carbocycles. The van der Waals surface area contributed by atoms with E-state index < -0.39 is 5.97 Å². The van der Waals surface area contributed by atoms with Gasteiger partial charge in [-0.3, -0.25) is 4.79 Å². The van der Waals surface area contributed by atoms with Crippen LogP contribution >= 0.6 is 0 Å². The number of amides is 2. The van der Waals surface area contributed by atoms with E-state index in [9.17, 15) is 9.59 Å². The lowest BCUT2D eigenvalue weighted by Crippen LogP contribution is -2.43. The Hall–Kier alpha value is -1.52. The van der Waals surface area contributed by atoms with E-state index in [1.165, 1.54) is 0 Å². The summed E-state index contributed by atoms with van der Waals surface area (Å²) in [4.78, 5) is 22.5. The van der Waals surface area contributed by atoms with Crippen LogP contribution in [0.15, 0.2) is 12.7 Å². The van der Waals surface area contributed by atoms with Crippen molar-refractivity contribution in [3.05, 3.63) is 12.7 Å². The van der Waals surface area contributed by atoms with E-state index in [-0.39, 0.29) is 23.9 Å². The Kier molecular flexibility index (Phi) is 5.68. The van der Waals surface area contributed by atoms with Gasteiger partial charge in [0.2, 0.25) is 0 Å². The normalized spacial score (nSPS) is 24.3. The Balaban J connectivity index is 2.29. The number of aliphatic carboxylic acids is 1. The van der Waals surface area contributed by atoms with Gasteiger partial charge in [0, 0.05) is 12.6 Å². The number of carboxylic acid groups (broad SMARTS) is 1. The summed E-state index contributed by atoms with van der Waals surface area (Å²) in [5.41, 5.74) is 0. The van der Waals surface area contributed by atoms with E-state index in [0.29, 0.717) is 13.0 Å². The molecular weight excluding hydrogens is 232 g/mol. The molecule has 0 heterocycles. The number of carboxylic acids is 1. The van der Waals surface area contributed by atoms with E-state index in [4.69, 9.17) is 5.11 Å². The van der Waals surface area contributed by atoms with Crippen molar-refractivity contribution in [2.45, 2.75) is 38.6 Å². The largest absolute Gasteiger partial charge is 0.481 e. The Morgan fingerprint density at radius 3 is 2.83 bits per heavy atom. The van der Waals surface area contributed by atoms with Crippen molar-refractivity contribution in [1.29, 1.82) is 0 Å². The quantitative estimate of drug-likeness (QED) is 0.632. The summed E-state index contributed by atoms with van der Waals surface area (Å²) in [6.07, 6.45) is 4.99. The zero-order chi connectivity index (χ0) is 13.5. The molecule has 0 saturated heterocycles. The molecule has 0 spiro atoms. The molecule has 1 aliphatic carbocycles. The van der Waals surface area contributed by atoms with E-state index in [1.807, 2.05) is 6.92 Å². The fourth-order valence-corrected chi connectivity index (χ4v) is 2.41. The van der Waals surface area contributed by atoms with Gasteiger partial charge in [0.15, 0.2) is 0 Å². The molecule has 0 aliphatic heterocycles. The summed E-state index contributed by atoms with van der Waals surface area (Å²) in [6, 6.07) is -0.193. The lowest BCUT2D eigenvalue weighted by molar-refractivity contribution is -0.142. The molecule has 0 aromatic heterocycles. The first kappa shape index (κ1) is 14.5. The van der Waals surface area contributed by atoms with Crippen LogP contribution in [0.3, 0.4) is 0 Å². The number of carbonyl (C=O) groups excluding carboxylic acids is 1. The molecule has 3 atom stereocenters. The van der Waals surface area contributed by atoms with Gasteiger partial charge < -0.3 is 15.7 Å². The third-order valence-corrected chi connectivity index (χ3v) is 3.40. The van der Waals surface area contributed by atoms with Crippen molar-refractivity contribution >= 4 is 12.0 Å². The molecule has 1 rings (SSSR count). The summed E-state index contributed by atoms with van der Waals surface area (Å²) in [6.45, 7) is 5.94. The van der Waals surface area contributed by atoms with Gasteiger partial charge in [-0.25, -0.2) is 4.79 Å². The third kappa shape index (κ3) is 4.39. The smallest absolute Gasteiger partial charge is 0.315 e. The van der Waals surface area contributed by atoms with Crippen LogP contribution in [-0.4, -0.2) is 29.7 Å². The van der Waals surface area contributed by atoms with Gasteiger partial charge >= 0.3 is 12.0 Å². The third-order valence-electron chi connectivity index (χ3n) is 3.40. The van der Waals surface area contributed by atoms with Gasteiger partial charge in [-0.15, -0.1) is 6.58 Å². The van der Waals surface area contributed by atoms with Crippen molar-refractivity contribution < 1.29 is 14.7 Å². The number of urea groups is 1. The molecule has 5 nitrogen and oxygen atoms in total. The highest BCUT2D eigenvalue weighted by molar-refractivity contribution is 5.74. The Labute approximate surface area is 108 Å². The van der Waals surface area contributed by atoms with Gasteiger partial charge in [-0.2, -0.15) is 0 Å². The summed E-state index contributed by atoms with van der Waals surface area (Å²) in [5.74, 6) is -1.00. The van der Waals surface area contributed by atoms with Crippen molar-refractivity contribution in [2.75, 3.05) is 6.54 Å². The van der Waals surface area contributed by atoms with Crippen LogP contribution < -0.4 is 10.6 Å². The van der Waals surface area contributed by atoms with Crippen molar-refractivity contribution in [3.8, 4) is 0 Å². The average Bonchev–Trinajstić information content (AvgIpc) is 2.74. The SMILES string of the molecule is C=CCC(C)NC(=O)NCC1CCCC1C(=O)O. The van der Waals surface area contributed by atoms with Gasteiger partial charge in [-0.05, 0) is 32.1 Å². The first-order valence-electron chi connectivity index (χ1n) is 6.42. The number of nitrogens with one attached hydrogen (secondary N) is 2. The van der Waals surface area contributed by atoms with Crippen LogP contribution in [0.2, 0.25) is 0 Å². The van der Waals surface area contributed by atoms with Crippen molar-refractivity contribution in [2.24, 2.45) is 11.8 Å². The Bertz CT molecular complexity index is 317. The van der Waals surface area contributed by atoms with E-state index in [1.54, 1.807) is 6.08 Å². The van der Waals surface area contributed by atoms with Gasteiger partial charge in [0.25, 0.3) is 0 Å². The topological polar surface area (TPSA) is 78.4 Å².